The molecule has 142 valence electrons. The van der Waals surface area contributed by atoms with Gasteiger partial charge in [-0.2, -0.15) is 5.10 Å². The number of H-pyrrole nitrogens is 1. The molecule has 0 radical (unpaired) electrons. The van der Waals surface area contributed by atoms with Crippen molar-refractivity contribution in [2.75, 3.05) is 26.2 Å². The Balaban J connectivity index is 1.64. The van der Waals surface area contributed by atoms with Crippen LogP contribution < -0.4 is 0 Å². The van der Waals surface area contributed by atoms with Gasteiger partial charge in [0.05, 0.1) is 11.0 Å². The molecule has 2 saturated heterocycles. The summed E-state index contributed by atoms with van der Waals surface area (Å²) in [6.45, 7) is 7.95. The van der Waals surface area contributed by atoms with E-state index in [2.05, 4.69) is 20.2 Å². The van der Waals surface area contributed by atoms with Gasteiger partial charge in [0.15, 0.2) is 5.82 Å². The molecule has 27 heavy (non-hydrogen) atoms. The molecule has 0 aliphatic carbocycles. The summed E-state index contributed by atoms with van der Waals surface area (Å²) < 4.78 is 0. The Labute approximate surface area is 158 Å². The highest BCUT2D eigenvalue weighted by atomic mass is 16.2. The number of amides is 2. The summed E-state index contributed by atoms with van der Waals surface area (Å²) in [4.78, 5) is 37.9. The maximum Gasteiger partial charge on any atom is 0.255 e. The lowest BCUT2D eigenvalue weighted by atomic mass is 9.80. The Bertz CT molecular complexity index is 864. The standard InChI is InChI=1S/C19H24N6O2/c1-12(2)16(26)24-8-15-9-25(17(27)14-5-4-6-20-7-14)11-19(15,10-24)18-21-13(3)22-23-18/h4-7,12,15H,8-11H2,1-3H3,(H,21,22,23)/t15-,19-/m1/s1. The van der Waals surface area contributed by atoms with Crippen LogP contribution in [0.2, 0.25) is 0 Å². The Hall–Kier alpha value is -2.77. The molecule has 2 aliphatic rings. The number of nitrogens with one attached hydrogen (secondary N) is 1. The molecule has 2 fully saturated rings. The SMILES string of the molecule is Cc1nc([C@]23CN(C(=O)c4cccnc4)C[C@H]2CN(C(=O)C(C)C)C3)n[nH]1. The van der Waals surface area contributed by atoms with E-state index in [4.69, 9.17) is 0 Å². The van der Waals surface area contributed by atoms with Crippen LogP contribution in [-0.4, -0.2) is 68.0 Å². The average molecular weight is 368 g/mol. The van der Waals surface area contributed by atoms with Crippen molar-refractivity contribution in [3.05, 3.63) is 41.7 Å². The molecular formula is C19H24N6O2. The molecule has 1 N–H and O–H groups in total. The summed E-state index contributed by atoms with van der Waals surface area (Å²) in [7, 11) is 0. The molecule has 0 unspecified atom stereocenters. The lowest BCUT2D eigenvalue weighted by molar-refractivity contribution is -0.133. The second-order valence-corrected chi connectivity index (χ2v) is 7.90. The third-order valence-electron chi connectivity index (χ3n) is 5.65. The van der Waals surface area contributed by atoms with Crippen molar-refractivity contribution in [3.8, 4) is 0 Å². The molecule has 2 amide bonds. The van der Waals surface area contributed by atoms with Crippen LogP contribution in [0, 0.1) is 18.8 Å². The van der Waals surface area contributed by atoms with Gasteiger partial charge in [-0.25, -0.2) is 4.98 Å². The number of hydrogen-bond acceptors (Lipinski definition) is 5. The minimum Gasteiger partial charge on any atom is -0.341 e. The summed E-state index contributed by atoms with van der Waals surface area (Å²) >= 11 is 0. The second kappa shape index (κ2) is 6.44. The first kappa shape index (κ1) is 17.6. The van der Waals surface area contributed by atoms with Gasteiger partial charge in [-0.1, -0.05) is 13.8 Å². The summed E-state index contributed by atoms with van der Waals surface area (Å²) in [6, 6.07) is 3.54. The molecule has 2 aromatic rings. The fraction of sp³-hybridized carbons (Fsp3) is 0.526. The Morgan fingerprint density at radius 1 is 1.26 bits per heavy atom. The number of carbonyl (C=O) groups excluding carboxylic acids is 2. The molecular weight excluding hydrogens is 344 g/mol. The molecule has 0 aromatic carbocycles. The molecule has 2 aromatic heterocycles. The molecule has 8 heteroatoms. The molecule has 8 nitrogen and oxygen atoms in total. The van der Waals surface area contributed by atoms with Crippen LogP contribution in [0.25, 0.3) is 0 Å². The zero-order valence-electron chi connectivity index (χ0n) is 15.8. The van der Waals surface area contributed by atoms with Gasteiger partial charge in [0.2, 0.25) is 5.91 Å². The normalized spacial score (nSPS) is 24.5. The molecule has 4 heterocycles. The minimum absolute atomic E-state index is 0.0362. The highest BCUT2D eigenvalue weighted by molar-refractivity contribution is 5.94. The van der Waals surface area contributed by atoms with Gasteiger partial charge in [-0.15, -0.1) is 0 Å². The highest BCUT2D eigenvalue weighted by Gasteiger charge is 2.57. The van der Waals surface area contributed by atoms with Gasteiger partial charge >= 0.3 is 0 Å². The third-order valence-corrected chi connectivity index (χ3v) is 5.65. The minimum atomic E-state index is -0.423. The lowest BCUT2D eigenvalue weighted by Crippen LogP contribution is -2.42. The number of aromatic amines is 1. The van der Waals surface area contributed by atoms with E-state index in [9.17, 15) is 9.59 Å². The number of carbonyl (C=O) groups is 2. The number of rotatable bonds is 3. The lowest BCUT2D eigenvalue weighted by Gasteiger charge is -2.27. The van der Waals surface area contributed by atoms with Gasteiger partial charge in [-0.3, -0.25) is 19.7 Å². The van der Waals surface area contributed by atoms with Crippen molar-refractivity contribution >= 4 is 11.8 Å². The first-order valence-corrected chi connectivity index (χ1v) is 9.28. The summed E-state index contributed by atoms with van der Waals surface area (Å²) in [6.07, 6.45) is 3.25. The van der Waals surface area contributed by atoms with Crippen molar-refractivity contribution in [2.45, 2.75) is 26.2 Å². The largest absolute Gasteiger partial charge is 0.341 e. The van der Waals surface area contributed by atoms with Crippen LogP contribution in [0.4, 0.5) is 0 Å². The van der Waals surface area contributed by atoms with Crippen molar-refractivity contribution < 1.29 is 9.59 Å². The fourth-order valence-electron chi connectivity index (χ4n) is 4.31. The first-order valence-electron chi connectivity index (χ1n) is 9.28. The quantitative estimate of drug-likeness (QED) is 0.873. The van der Waals surface area contributed by atoms with Crippen molar-refractivity contribution in [2.24, 2.45) is 11.8 Å². The Morgan fingerprint density at radius 2 is 2.00 bits per heavy atom. The van der Waals surface area contributed by atoms with E-state index in [1.54, 1.807) is 24.5 Å². The van der Waals surface area contributed by atoms with Crippen molar-refractivity contribution in [1.29, 1.82) is 0 Å². The molecule has 0 saturated carbocycles. The van der Waals surface area contributed by atoms with Crippen LogP contribution in [0.3, 0.4) is 0 Å². The molecule has 4 rings (SSSR count). The number of aryl methyl sites for hydroxylation is 1. The van der Waals surface area contributed by atoms with E-state index in [1.807, 2.05) is 30.6 Å². The van der Waals surface area contributed by atoms with Gasteiger partial charge in [0, 0.05) is 50.4 Å². The molecule has 2 aliphatic heterocycles. The van der Waals surface area contributed by atoms with Crippen molar-refractivity contribution in [1.82, 2.24) is 30.0 Å². The average Bonchev–Trinajstić information content (AvgIpc) is 3.33. The Kier molecular flexibility index (Phi) is 4.20. The Morgan fingerprint density at radius 3 is 2.63 bits per heavy atom. The van der Waals surface area contributed by atoms with Crippen LogP contribution in [-0.2, 0) is 10.2 Å². The topological polar surface area (TPSA) is 95.1 Å². The van der Waals surface area contributed by atoms with Gasteiger partial charge in [0.1, 0.15) is 5.82 Å². The maximum atomic E-state index is 12.9. The second-order valence-electron chi connectivity index (χ2n) is 7.90. The smallest absolute Gasteiger partial charge is 0.255 e. The monoisotopic (exact) mass is 368 g/mol. The fourth-order valence-corrected chi connectivity index (χ4v) is 4.31. The first-order chi connectivity index (χ1) is 12.9. The van der Waals surface area contributed by atoms with E-state index in [-0.39, 0.29) is 23.7 Å². The summed E-state index contributed by atoms with van der Waals surface area (Å²) in [5, 5.41) is 7.33. The molecule has 2 atom stereocenters. The van der Waals surface area contributed by atoms with Crippen molar-refractivity contribution in [3.63, 3.8) is 0 Å². The molecule has 0 bridgehead atoms. The number of hydrogen-bond donors (Lipinski definition) is 1. The van der Waals surface area contributed by atoms with Gasteiger partial charge in [0.25, 0.3) is 5.91 Å². The van der Waals surface area contributed by atoms with E-state index >= 15 is 0 Å². The van der Waals surface area contributed by atoms with Crippen LogP contribution in [0.1, 0.15) is 35.9 Å². The van der Waals surface area contributed by atoms with E-state index in [1.165, 1.54) is 0 Å². The zero-order valence-corrected chi connectivity index (χ0v) is 15.8. The number of aromatic nitrogens is 4. The van der Waals surface area contributed by atoms with E-state index in [0.29, 0.717) is 37.6 Å². The van der Waals surface area contributed by atoms with Gasteiger partial charge in [-0.05, 0) is 19.1 Å². The van der Waals surface area contributed by atoms with Crippen LogP contribution >= 0.6 is 0 Å². The highest BCUT2D eigenvalue weighted by Crippen LogP contribution is 2.44. The van der Waals surface area contributed by atoms with E-state index < -0.39 is 5.41 Å². The number of fused-ring (bicyclic) bond motifs is 1. The number of pyridine rings is 1. The number of nitrogens with zero attached hydrogens (tertiary/aromatic N) is 5. The number of likely N-dealkylation sites (tertiary alicyclic amines) is 2. The maximum absolute atomic E-state index is 12.9. The van der Waals surface area contributed by atoms with Crippen LogP contribution in [0.5, 0.6) is 0 Å². The summed E-state index contributed by atoms with van der Waals surface area (Å²) in [5.74, 6) is 1.61. The zero-order chi connectivity index (χ0) is 19.2. The van der Waals surface area contributed by atoms with Gasteiger partial charge < -0.3 is 9.80 Å². The predicted molar refractivity (Wildman–Crippen MR) is 97.8 cm³/mol. The van der Waals surface area contributed by atoms with Crippen LogP contribution in [0.15, 0.2) is 24.5 Å². The van der Waals surface area contributed by atoms with E-state index in [0.717, 1.165) is 5.82 Å². The molecule has 0 spiro atoms. The summed E-state index contributed by atoms with van der Waals surface area (Å²) in [5.41, 5.74) is 0.154. The predicted octanol–water partition coefficient (Wildman–Crippen LogP) is 1.02. The third kappa shape index (κ3) is 2.89.